The number of fused-ring (bicyclic) bond motifs is 1. The Morgan fingerprint density at radius 1 is 0.889 bits per heavy atom. The minimum atomic E-state index is -0.951. The number of halogens is 1. The molecule has 0 saturated heterocycles. The Labute approximate surface area is 215 Å². The van der Waals surface area contributed by atoms with Crippen molar-refractivity contribution in [2.24, 2.45) is 0 Å². The molecule has 5 heteroatoms. The zero-order chi connectivity index (χ0) is 25.1. The van der Waals surface area contributed by atoms with Gasteiger partial charge in [0.2, 0.25) is 0 Å². The predicted octanol–water partition coefficient (Wildman–Crippen LogP) is 7.56. The summed E-state index contributed by atoms with van der Waals surface area (Å²) in [6, 6.07) is 33.6. The zero-order valence-corrected chi connectivity index (χ0v) is 20.7. The average Bonchev–Trinajstić information content (AvgIpc) is 3.16. The van der Waals surface area contributed by atoms with Crippen LogP contribution >= 0.6 is 11.6 Å². The highest BCUT2D eigenvalue weighted by Gasteiger charge is 2.23. The van der Waals surface area contributed by atoms with Gasteiger partial charge in [-0.2, -0.15) is 0 Å². The maximum absolute atomic E-state index is 11.1. The SMILES string of the molecule is Cc1c(CCOc2ccc(C(=O)O)cc2)c2cc(Cl)ccc2n1C(c1ccccc1)c1ccccc1. The van der Waals surface area contributed by atoms with E-state index in [0.717, 1.165) is 16.6 Å². The Morgan fingerprint density at radius 2 is 1.50 bits per heavy atom. The summed E-state index contributed by atoms with van der Waals surface area (Å²) >= 11 is 6.45. The van der Waals surface area contributed by atoms with Crippen molar-refractivity contribution in [3.8, 4) is 5.75 Å². The Hall–Kier alpha value is -4.02. The van der Waals surface area contributed by atoms with Gasteiger partial charge in [-0.15, -0.1) is 0 Å². The molecule has 4 nitrogen and oxygen atoms in total. The van der Waals surface area contributed by atoms with Crippen LogP contribution in [-0.4, -0.2) is 22.2 Å². The molecule has 0 aliphatic carbocycles. The second kappa shape index (κ2) is 10.3. The summed E-state index contributed by atoms with van der Waals surface area (Å²) in [5.74, 6) is -0.306. The Morgan fingerprint density at radius 3 is 2.08 bits per heavy atom. The molecule has 0 fully saturated rings. The average molecular weight is 496 g/mol. The molecule has 0 spiro atoms. The molecule has 5 rings (SSSR count). The molecule has 0 unspecified atom stereocenters. The lowest BCUT2D eigenvalue weighted by atomic mass is 9.98. The largest absolute Gasteiger partial charge is 0.493 e. The van der Waals surface area contributed by atoms with E-state index in [2.05, 4.69) is 66.1 Å². The number of nitrogens with zero attached hydrogens (tertiary/aromatic N) is 1. The first-order valence-electron chi connectivity index (χ1n) is 11.9. The number of carbonyl (C=O) groups is 1. The first-order valence-corrected chi connectivity index (χ1v) is 12.3. The molecular formula is C31H26ClNO3. The number of ether oxygens (including phenoxy) is 1. The first-order chi connectivity index (χ1) is 17.5. The third-order valence-corrected chi connectivity index (χ3v) is 6.79. The molecule has 0 bridgehead atoms. The highest BCUT2D eigenvalue weighted by molar-refractivity contribution is 6.31. The molecule has 0 radical (unpaired) electrons. The number of rotatable bonds is 8. The van der Waals surface area contributed by atoms with Crippen LogP contribution in [0.5, 0.6) is 5.75 Å². The standard InChI is InChI=1S/C31H26ClNO3/c1-21-27(18-19-36-26-15-12-24(13-16-26)31(34)35)28-20-25(32)14-17-29(28)33(21)30(22-8-4-2-5-9-22)23-10-6-3-7-11-23/h2-17,20,30H,18-19H2,1H3,(H,34,35). The monoisotopic (exact) mass is 495 g/mol. The predicted molar refractivity (Wildman–Crippen MR) is 144 cm³/mol. The molecule has 180 valence electrons. The highest BCUT2D eigenvalue weighted by atomic mass is 35.5. The molecule has 1 N–H and O–H groups in total. The van der Waals surface area contributed by atoms with Gasteiger partial charge in [0.25, 0.3) is 0 Å². The van der Waals surface area contributed by atoms with Gasteiger partial charge in [-0.05, 0) is 66.1 Å². The van der Waals surface area contributed by atoms with Gasteiger partial charge in [0, 0.05) is 28.0 Å². The van der Waals surface area contributed by atoms with Crippen LogP contribution < -0.4 is 4.74 Å². The summed E-state index contributed by atoms with van der Waals surface area (Å²) in [5.41, 5.74) is 6.13. The van der Waals surface area contributed by atoms with Crippen LogP contribution in [0.1, 0.15) is 38.8 Å². The van der Waals surface area contributed by atoms with Crippen LogP contribution in [-0.2, 0) is 6.42 Å². The zero-order valence-electron chi connectivity index (χ0n) is 19.9. The number of benzene rings is 4. The highest BCUT2D eigenvalue weighted by Crippen LogP contribution is 2.37. The van der Waals surface area contributed by atoms with Gasteiger partial charge in [-0.25, -0.2) is 4.79 Å². The smallest absolute Gasteiger partial charge is 0.335 e. The molecule has 5 aromatic rings. The number of carboxylic acids is 1. The number of hydrogen-bond acceptors (Lipinski definition) is 2. The van der Waals surface area contributed by atoms with Gasteiger partial charge in [-0.3, -0.25) is 0 Å². The summed E-state index contributed by atoms with van der Waals surface area (Å²) in [6.45, 7) is 2.62. The Kier molecular flexibility index (Phi) is 6.79. The third kappa shape index (κ3) is 4.73. The molecule has 1 heterocycles. The minimum absolute atomic E-state index is 0.00862. The molecule has 1 aromatic heterocycles. The van der Waals surface area contributed by atoms with E-state index < -0.39 is 5.97 Å². The van der Waals surface area contributed by atoms with Crippen molar-refractivity contribution in [2.75, 3.05) is 6.61 Å². The number of carboxylic acid groups (broad SMARTS) is 1. The summed E-state index contributed by atoms with van der Waals surface area (Å²) in [4.78, 5) is 11.1. The molecule has 0 saturated carbocycles. The Balaban J connectivity index is 1.54. The Bertz CT molecular complexity index is 1450. The van der Waals surface area contributed by atoms with Gasteiger partial charge in [0.05, 0.1) is 18.2 Å². The summed E-state index contributed by atoms with van der Waals surface area (Å²) in [7, 11) is 0. The quantitative estimate of drug-likeness (QED) is 0.241. The van der Waals surface area contributed by atoms with Gasteiger partial charge in [-0.1, -0.05) is 72.3 Å². The van der Waals surface area contributed by atoms with E-state index in [-0.39, 0.29) is 11.6 Å². The normalized spacial score (nSPS) is 11.2. The van der Waals surface area contributed by atoms with E-state index in [1.807, 2.05) is 24.3 Å². The van der Waals surface area contributed by atoms with Crippen molar-refractivity contribution in [3.05, 3.63) is 136 Å². The molecule has 0 atom stereocenters. The van der Waals surface area contributed by atoms with Gasteiger partial charge >= 0.3 is 5.97 Å². The van der Waals surface area contributed by atoms with Crippen molar-refractivity contribution in [1.29, 1.82) is 0 Å². The van der Waals surface area contributed by atoms with E-state index in [4.69, 9.17) is 21.4 Å². The molecule has 36 heavy (non-hydrogen) atoms. The number of aromatic carboxylic acids is 1. The summed E-state index contributed by atoms with van der Waals surface area (Å²) < 4.78 is 8.38. The lowest BCUT2D eigenvalue weighted by Crippen LogP contribution is -2.14. The van der Waals surface area contributed by atoms with Crippen molar-refractivity contribution in [2.45, 2.75) is 19.4 Å². The lowest BCUT2D eigenvalue weighted by molar-refractivity contribution is 0.0697. The topological polar surface area (TPSA) is 51.5 Å². The van der Waals surface area contributed by atoms with E-state index in [1.165, 1.54) is 16.7 Å². The first kappa shape index (κ1) is 23.7. The third-order valence-electron chi connectivity index (χ3n) is 6.55. The number of aromatic nitrogens is 1. The van der Waals surface area contributed by atoms with Crippen LogP contribution in [0.25, 0.3) is 10.9 Å². The molecule has 0 aliphatic rings. The second-order valence-electron chi connectivity index (χ2n) is 8.75. The van der Waals surface area contributed by atoms with E-state index in [9.17, 15) is 4.79 Å². The van der Waals surface area contributed by atoms with Crippen LogP contribution in [0.2, 0.25) is 5.02 Å². The van der Waals surface area contributed by atoms with E-state index >= 15 is 0 Å². The van der Waals surface area contributed by atoms with Gasteiger partial charge in [0.15, 0.2) is 0 Å². The molecular weight excluding hydrogens is 470 g/mol. The number of hydrogen-bond donors (Lipinski definition) is 1. The lowest BCUT2D eigenvalue weighted by Gasteiger charge is -2.23. The van der Waals surface area contributed by atoms with Crippen LogP contribution in [0.3, 0.4) is 0 Å². The van der Waals surface area contributed by atoms with Crippen LogP contribution in [0, 0.1) is 6.92 Å². The second-order valence-corrected chi connectivity index (χ2v) is 9.18. The minimum Gasteiger partial charge on any atom is -0.493 e. The van der Waals surface area contributed by atoms with Gasteiger partial charge in [0.1, 0.15) is 5.75 Å². The van der Waals surface area contributed by atoms with Crippen molar-refractivity contribution in [1.82, 2.24) is 4.57 Å². The van der Waals surface area contributed by atoms with E-state index in [1.54, 1.807) is 24.3 Å². The maximum atomic E-state index is 11.1. The molecule has 0 amide bonds. The van der Waals surface area contributed by atoms with Crippen LogP contribution in [0.4, 0.5) is 0 Å². The van der Waals surface area contributed by atoms with Gasteiger partial charge < -0.3 is 14.4 Å². The van der Waals surface area contributed by atoms with Crippen molar-refractivity contribution >= 4 is 28.5 Å². The molecule has 4 aromatic carbocycles. The van der Waals surface area contributed by atoms with Crippen molar-refractivity contribution in [3.63, 3.8) is 0 Å². The maximum Gasteiger partial charge on any atom is 0.335 e. The summed E-state index contributed by atoms with van der Waals surface area (Å²) in [6.07, 6.45) is 0.687. The molecule has 0 aliphatic heterocycles. The fraction of sp³-hybridized carbons (Fsp3) is 0.129. The fourth-order valence-electron chi connectivity index (χ4n) is 4.86. The summed E-state index contributed by atoms with van der Waals surface area (Å²) in [5, 5.41) is 10.9. The van der Waals surface area contributed by atoms with E-state index in [0.29, 0.717) is 23.8 Å². The van der Waals surface area contributed by atoms with Crippen molar-refractivity contribution < 1.29 is 14.6 Å². The van der Waals surface area contributed by atoms with Crippen LogP contribution in [0.15, 0.2) is 103 Å². The fourth-order valence-corrected chi connectivity index (χ4v) is 5.03.